The van der Waals surface area contributed by atoms with Crippen molar-refractivity contribution in [2.24, 2.45) is 7.05 Å². The Morgan fingerprint density at radius 1 is 0.962 bits per heavy atom. The molecule has 1 atom stereocenters. The number of hydrogen-bond acceptors (Lipinski definition) is 0. The Kier molecular flexibility index (Phi) is 4.14. The van der Waals surface area contributed by atoms with Gasteiger partial charge in [-0.2, -0.15) is 0 Å². The van der Waals surface area contributed by atoms with Gasteiger partial charge in [0, 0.05) is 40.7 Å². The first-order valence-electron chi connectivity index (χ1n) is 9.61. The molecule has 4 aromatic rings. The first kappa shape index (κ1) is 17.0. The Bertz CT molecular complexity index is 1080. The van der Waals surface area contributed by atoms with Crippen LogP contribution in [-0.4, -0.2) is 9.55 Å². The molecule has 0 spiro atoms. The molecule has 4 rings (SSSR count). The molecule has 0 saturated heterocycles. The summed E-state index contributed by atoms with van der Waals surface area (Å²) >= 11 is 0. The third-order valence-corrected chi connectivity index (χ3v) is 5.72. The smallest absolute Gasteiger partial charge is 0.0491 e. The monoisotopic (exact) mass is 344 g/mol. The first-order valence-corrected chi connectivity index (χ1v) is 9.61. The van der Waals surface area contributed by atoms with Gasteiger partial charge in [0.05, 0.1) is 0 Å². The Hall–Kier alpha value is -2.48. The molecule has 134 valence electrons. The van der Waals surface area contributed by atoms with E-state index in [1.54, 1.807) is 0 Å². The van der Waals surface area contributed by atoms with E-state index in [-0.39, 0.29) is 0 Å². The number of aromatic nitrogens is 2. The normalized spacial score (nSPS) is 13.2. The van der Waals surface area contributed by atoms with Crippen LogP contribution < -0.4 is 0 Å². The molecular formula is C24H28N2. The van der Waals surface area contributed by atoms with Crippen molar-refractivity contribution in [1.82, 2.24) is 9.55 Å². The summed E-state index contributed by atoms with van der Waals surface area (Å²) in [6, 6.07) is 15.5. The maximum atomic E-state index is 3.67. The van der Waals surface area contributed by atoms with Crippen LogP contribution in [-0.2, 0) is 13.5 Å². The van der Waals surface area contributed by atoms with Crippen molar-refractivity contribution in [1.29, 1.82) is 0 Å². The number of para-hydroxylation sites is 2. The van der Waals surface area contributed by atoms with Gasteiger partial charge >= 0.3 is 0 Å². The van der Waals surface area contributed by atoms with Gasteiger partial charge in [0.15, 0.2) is 0 Å². The Morgan fingerprint density at radius 2 is 1.69 bits per heavy atom. The fourth-order valence-corrected chi connectivity index (χ4v) is 4.55. The molecule has 0 bridgehead atoms. The van der Waals surface area contributed by atoms with Crippen LogP contribution in [0.1, 0.15) is 55.0 Å². The Balaban J connectivity index is 1.76. The van der Waals surface area contributed by atoms with E-state index in [1.165, 1.54) is 44.2 Å². The third kappa shape index (κ3) is 2.65. The highest BCUT2D eigenvalue weighted by atomic mass is 14.9. The predicted octanol–water partition coefficient (Wildman–Crippen LogP) is 6.44. The van der Waals surface area contributed by atoms with E-state index >= 15 is 0 Å². The van der Waals surface area contributed by atoms with Crippen LogP contribution in [0.4, 0.5) is 0 Å². The van der Waals surface area contributed by atoms with Crippen LogP contribution in [0, 0.1) is 6.92 Å². The lowest BCUT2D eigenvalue weighted by molar-refractivity contribution is 0.762. The molecule has 2 heteroatoms. The summed E-state index contributed by atoms with van der Waals surface area (Å²) in [5, 5.41) is 2.76. The number of nitrogens with zero attached hydrogens (tertiary/aromatic N) is 1. The lowest BCUT2D eigenvalue weighted by Gasteiger charge is -2.12. The van der Waals surface area contributed by atoms with Gasteiger partial charge in [-0.25, -0.2) is 0 Å². The molecule has 0 fully saturated rings. The molecular weight excluding hydrogens is 316 g/mol. The zero-order chi connectivity index (χ0) is 18.4. The van der Waals surface area contributed by atoms with Crippen molar-refractivity contribution in [3.05, 3.63) is 71.0 Å². The standard InChI is InChI=1S/C24H28N2/c1-15(2)23-17(4)25-24-18(9-8-11-20(23)24)13-16(3)21-14-26(5)22-12-7-6-10-19(21)22/h6-12,14-16,25H,13H2,1-5H3. The number of fused-ring (bicyclic) bond motifs is 2. The molecule has 2 heterocycles. The zero-order valence-corrected chi connectivity index (χ0v) is 16.4. The van der Waals surface area contributed by atoms with Crippen molar-refractivity contribution in [2.75, 3.05) is 0 Å². The first-order chi connectivity index (χ1) is 12.5. The Morgan fingerprint density at radius 3 is 2.46 bits per heavy atom. The van der Waals surface area contributed by atoms with Crippen molar-refractivity contribution in [3.8, 4) is 0 Å². The second-order valence-electron chi connectivity index (χ2n) is 7.98. The average molecular weight is 345 g/mol. The lowest BCUT2D eigenvalue weighted by atomic mass is 9.91. The number of aryl methyl sites for hydroxylation is 2. The van der Waals surface area contributed by atoms with E-state index in [0.29, 0.717) is 11.8 Å². The number of H-pyrrole nitrogens is 1. The number of benzene rings is 2. The summed E-state index contributed by atoms with van der Waals surface area (Å²) < 4.78 is 2.25. The quantitative estimate of drug-likeness (QED) is 0.440. The topological polar surface area (TPSA) is 20.7 Å². The summed E-state index contributed by atoms with van der Waals surface area (Å²) in [5.41, 5.74) is 8.25. The highest BCUT2D eigenvalue weighted by molar-refractivity contribution is 5.88. The second kappa shape index (κ2) is 6.35. The molecule has 0 radical (unpaired) electrons. The average Bonchev–Trinajstić information content (AvgIpc) is 3.13. The lowest BCUT2D eigenvalue weighted by Crippen LogP contribution is -1.99. The fraction of sp³-hybridized carbons (Fsp3) is 0.333. The number of aromatic amines is 1. The molecule has 1 unspecified atom stereocenters. The second-order valence-corrected chi connectivity index (χ2v) is 7.98. The zero-order valence-electron chi connectivity index (χ0n) is 16.4. The van der Waals surface area contributed by atoms with Crippen LogP contribution in [0.2, 0.25) is 0 Å². The van der Waals surface area contributed by atoms with Gasteiger partial charge in [0.2, 0.25) is 0 Å². The fourth-order valence-electron chi connectivity index (χ4n) is 4.55. The van der Waals surface area contributed by atoms with E-state index in [0.717, 1.165) is 6.42 Å². The van der Waals surface area contributed by atoms with Gasteiger partial charge in [-0.1, -0.05) is 57.2 Å². The van der Waals surface area contributed by atoms with E-state index in [1.807, 2.05) is 0 Å². The van der Waals surface area contributed by atoms with Crippen molar-refractivity contribution in [2.45, 2.75) is 46.0 Å². The van der Waals surface area contributed by atoms with Crippen LogP contribution in [0.15, 0.2) is 48.7 Å². The largest absolute Gasteiger partial charge is 0.358 e. The number of rotatable bonds is 4. The van der Waals surface area contributed by atoms with Gasteiger partial charge in [-0.15, -0.1) is 0 Å². The van der Waals surface area contributed by atoms with Crippen LogP contribution in [0.5, 0.6) is 0 Å². The molecule has 0 aliphatic heterocycles. The van der Waals surface area contributed by atoms with E-state index < -0.39 is 0 Å². The van der Waals surface area contributed by atoms with Gasteiger partial charge in [0.1, 0.15) is 0 Å². The van der Waals surface area contributed by atoms with Crippen molar-refractivity contribution >= 4 is 21.8 Å². The molecule has 0 saturated carbocycles. The molecule has 0 aliphatic rings. The van der Waals surface area contributed by atoms with E-state index in [4.69, 9.17) is 0 Å². The highest BCUT2D eigenvalue weighted by Crippen LogP contribution is 2.34. The van der Waals surface area contributed by atoms with Gasteiger partial charge in [0.25, 0.3) is 0 Å². The van der Waals surface area contributed by atoms with E-state index in [2.05, 4.69) is 93.0 Å². The molecule has 2 nitrogen and oxygen atoms in total. The predicted molar refractivity (Wildman–Crippen MR) is 112 cm³/mol. The highest BCUT2D eigenvalue weighted by Gasteiger charge is 2.17. The summed E-state index contributed by atoms with van der Waals surface area (Å²) in [6.45, 7) is 9.11. The van der Waals surface area contributed by atoms with Crippen LogP contribution in [0.25, 0.3) is 21.8 Å². The SMILES string of the molecule is Cc1[nH]c2c(CC(C)c3cn(C)c4ccccc34)cccc2c1C(C)C. The minimum atomic E-state index is 0.470. The molecule has 0 aliphatic carbocycles. The van der Waals surface area contributed by atoms with Gasteiger partial charge < -0.3 is 9.55 Å². The summed E-state index contributed by atoms with van der Waals surface area (Å²) in [7, 11) is 2.14. The number of hydrogen-bond donors (Lipinski definition) is 1. The summed E-state index contributed by atoms with van der Waals surface area (Å²) in [5.74, 6) is 1.01. The summed E-state index contributed by atoms with van der Waals surface area (Å²) in [6.07, 6.45) is 3.35. The third-order valence-electron chi connectivity index (χ3n) is 5.72. The minimum Gasteiger partial charge on any atom is -0.358 e. The Labute approximate surface area is 155 Å². The maximum Gasteiger partial charge on any atom is 0.0491 e. The minimum absolute atomic E-state index is 0.470. The van der Waals surface area contributed by atoms with Crippen LogP contribution in [0.3, 0.4) is 0 Å². The number of nitrogens with one attached hydrogen (secondary N) is 1. The van der Waals surface area contributed by atoms with E-state index in [9.17, 15) is 0 Å². The maximum absolute atomic E-state index is 3.67. The summed E-state index contributed by atoms with van der Waals surface area (Å²) in [4.78, 5) is 3.67. The molecule has 2 aromatic carbocycles. The van der Waals surface area contributed by atoms with Crippen molar-refractivity contribution in [3.63, 3.8) is 0 Å². The van der Waals surface area contributed by atoms with Crippen LogP contribution >= 0.6 is 0 Å². The molecule has 0 amide bonds. The van der Waals surface area contributed by atoms with Crippen molar-refractivity contribution < 1.29 is 0 Å². The van der Waals surface area contributed by atoms with Gasteiger partial charge in [-0.05, 0) is 47.9 Å². The molecule has 1 N–H and O–H groups in total. The van der Waals surface area contributed by atoms with Gasteiger partial charge in [-0.3, -0.25) is 0 Å². The molecule has 26 heavy (non-hydrogen) atoms. The molecule has 2 aromatic heterocycles.